The average Bonchev–Trinajstić information content (AvgIpc) is 1.69. The zero-order valence-electron chi connectivity index (χ0n) is 3.98. The smallest absolute Gasteiger partial charge is 0.222 e. The summed E-state index contributed by atoms with van der Waals surface area (Å²) in [4.78, 5) is 10.3. The summed E-state index contributed by atoms with van der Waals surface area (Å²) in [7, 11) is 0. The second-order valence-corrected chi connectivity index (χ2v) is 1.46. The van der Waals surface area contributed by atoms with Crippen LogP contribution in [0.4, 0.5) is 0 Å². The Morgan fingerprint density at radius 2 is 2.57 bits per heavy atom. The van der Waals surface area contributed by atoms with Gasteiger partial charge in [0, 0.05) is 13.0 Å². The number of hydrogen-bond donors (Lipinski definition) is 1. The Kier molecular flexibility index (Phi) is 1.26. The van der Waals surface area contributed by atoms with Crippen molar-refractivity contribution in [3.63, 3.8) is 0 Å². The normalized spacial score (nSPS) is 21.4. The molecule has 7 heavy (non-hydrogen) atoms. The number of nitrogens with one attached hydrogen (secondary N) is 1. The molecule has 0 aromatic heterocycles. The van der Waals surface area contributed by atoms with Gasteiger partial charge in [0.05, 0.1) is 6.67 Å². The van der Waals surface area contributed by atoms with Gasteiger partial charge in [-0.2, -0.15) is 0 Å². The molecule has 39 valence electrons. The Balaban J connectivity index is 2.25. The van der Waals surface area contributed by atoms with Crippen molar-refractivity contribution in [1.29, 1.82) is 0 Å². The van der Waals surface area contributed by atoms with Crippen LogP contribution in [0.3, 0.4) is 0 Å². The fourth-order valence-electron chi connectivity index (χ4n) is 0.492. The summed E-state index contributed by atoms with van der Waals surface area (Å²) >= 11 is 0. The summed E-state index contributed by atoms with van der Waals surface area (Å²) < 4.78 is 0. The number of carbonyl (C=O) groups excluding carboxylic acids is 1. The molecule has 0 aromatic carbocycles. The molecular weight excluding hydrogens is 92.1 g/mol. The van der Waals surface area contributed by atoms with Crippen LogP contribution in [0.15, 0.2) is 0 Å². The Morgan fingerprint density at radius 3 is 2.86 bits per heavy atom. The molecule has 1 heterocycles. The average molecular weight is 99.1 g/mol. The topological polar surface area (TPSA) is 43.2 Å². The zero-order valence-corrected chi connectivity index (χ0v) is 3.98. The lowest BCUT2D eigenvalue weighted by molar-refractivity contribution is -0.122. The van der Waals surface area contributed by atoms with Crippen LogP contribution < -0.4 is 10.6 Å². The molecule has 0 aromatic rings. The lowest BCUT2D eigenvalue weighted by Crippen LogP contribution is -2.37. The van der Waals surface area contributed by atoms with Gasteiger partial charge in [-0.15, -0.1) is 0 Å². The summed E-state index contributed by atoms with van der Waals surface area (Å²) in [5.41, 5.74) is 0. The molecule has 1 saturated heterocycles. The van der Waals surface area contributed by atoms with E-state index in [2.05, 4.69) is 10.6 Å². The molecule has 1 rings (SSSR count). The number of amides is 1. The maximum atomic E-state index is 10.3. The van der Waals surface area contributed by atoms with Crippen LogP contribution in [0.25, 0.3) is 0 Å². The first-order valence-electron chi connectivity index (χ1n) is 2.29. The SMILES string of the molecule is O=C1CC[N]CN1. The van der Waals surface area contributed by atoms with E-state index < -0.39 is 0 Å². The van der Waals surface area contributed by atoms with Gasteiger partial charge >= 0.3 is 0 Å². The highest BCUT2D eigenvalue weighted by Crippen LogP contribution is 1.81. The van der Waals surface area contributed by atoms with Crippen molar-refractivity contribution >= 4 is 5.91 Å². The van der Waals surface area contributed by atoms with Crippen molar-refractivity contribution in [2.24, 2.45) is 0 Å². The van der Waals surface area contributed by atoms with Crippen molar-refractivity contribution in [2.75, 3.05) is 13.2 Å². The fourth-order valence-corrected chi connectivity index (χ4v) is 0.492. The van der Waals surface area contributed by atoms with E-state index in [0.29, 0.717) is 19.6 Å². The van der Waals surface area contributed by atoms with E-state index in [1.54, 1.807) is 0 Å². The molecule has 1 radical (unpaired) electrons. The molecule has 1 N–H and O–H groups in total. The third kappa shape index (κ3) is 1.16. The Bertz CT molecular complexity index is 73.8. The quantitative estimate of drug-likeness (QED) is 0.419. The molecule has 0 bridgehead atoms. The Morgan fingerprint density at radius 1 is 1.71 bits per heavy atom. The van der Waals surface area contributed by atoms with Crippen molar-refractivity contribution in [2.45, 2.75) is 6.42 Å². The molecule has 1 aliphatic rings. The van der Waals surface area contributed by atoms with Crippen LogP contribution in [0.1, 0.15) is 6.42 Å². The predicted octanol–water partition coefficient (Wildman–Crippen LogP) is -0.932. The van der Waals surface area contributed by atoms with E-state index in [9.17, 15) is 4.79 Å². The second kappa shape index (κ2) is 1.93. The first kappa shape index (κ1) is 4.59. The van der Waals surface area contributed by atoms with Crippen LogP contribution in [-0.2, 0) is 4.79 Å². The Labute approximate surface area is 42.1 Å². The molecule has 0 saturated carbocycles. The fraction of sp³-hybridized carbons (Fsp3) is 0.750. The summed E-state index contributed by atoms with van der Waals surface area (Å²) in [6.45, 7) is 1.21. The van der Waals surface area contributed by atoms with E-state index in [-0.39, 0.29) is 5.91 Å². The number of nitrogens with zero attached hydrogens (tertiary/aromatic N) is 1. The highest BCUT2D eigenvalue weighted by atomic mass is 16.1. The largest absolute Gasteiger partial charge is 0.342 e. The third-order valence-electron chi connectivity index (χ3n) is 0.885. The van der Waals surface area contributed by atoms with Gasteiger partial charge in [0.25, 0.3) is 0 Å². The molecule has 1 amide bonds. The zero-order chi connectivity index (χ0) is 5.11. The van der Waals surface area contributed by atoms with Gasteiger partial charge in [-0.3, -0.25) is 4.79 Å². The molecule has 1 fully saturated rings. The van der Waals surface area contributed by atoms with Crippen LogP contribution >= 0.6 is 0 Å². The highest BCUT2D eigenvalue weighted by Gasteiger charge is 2.04. The second-order valence-electron chi connectivity index (χ2n) is 1.46. The van der Waals surface area contributed by atoms with Crippen molar-refractivity contribution in [1.82, 2.24) is 10.6 Å². The minimum absolute atomic E-state index is 0.120. The number of rotatable bonds is 0. The first-order valence-corrected chi connectivity index (χ1v) is 2.29. The van der Waals surface area contributed by atoms with Crippen molar-refractivity contribution < 1.29 is 4.79 Å². The summed E-state index contributed by atoms with van der Waals surface area (Å²) in [6.07, 6.45) is 0.569. The van der Waals surface area contributed by atoms with Crippen molar-refractivity contribution in [3.8, 4) is 0 Å². The van der Waals surface area contributed by atoms with E-state index in [1.165, 1.54) is 0 Å². The lowest BCUT2D eigenvalue weighted by Gasteiger charge is -2.09. The summed E-state index contributed by atoms with van der Waals surface area (Å²) in [5, 5.41) is 6.47. The maximum Gasteiger partial charge on any atom is 0.222 e. The van der Waals surface area contributed by atoms with E-state index >= 15 is 0 Å². The molecule has 0 unspecified atom stereocenters. The highest BCUT2D eigenvalue weighted by molar-refractivity contribution is 5.76. The van der Waals surface area contributed by atoms with Crippen LogP contribution in [0.2, 0.25) is 0 Å². The first-order chi connectivity index (χ1) is 3.39. The van der Waals surface area contributed by atoms with Gasteiger partial charge in [-0.25, -0.2) is 5.32 Å². The van der Waals surface area contributed by atoms with Gasteiger partial charge in [-0.05, 0) is 0 Å². The van der Waals surface area contributed by atoms with Gasteiger partial charge in [-0.1, -0.05) is 0 Å². The maximum absolute atomic E-state index is 10.3. The molecule has 3 nitrogen and oxygen atoms in total. The molecule has 3 heteroatoms. The van der Waals surface area contributed by atoms with E-state index in [4.69, 9.17) is 0 Å². The Hall–Kier alpha value is -0.570. The predicted molar refractivity (Wildman–Crippen MR) is 24.6 cm³/mol. The van der Waals surface area contributed by atoms with Gasteiger partial charge in [0.15, 0.2) is 0 Å². The van der Waals surface area contributed by atoms with Crippen molar-refractivity contribution in [3.05, 3.63) is 0 Å². The molecular formula is C4H7N2O. The van der Waals surface area contributed by atoms with Crippen LogP contribution in [-0.4, -0.2) is 19.1 Å². The summed E-state index contributed by atoms with van der Waals surface area (Å²) in [6, 6.07) is 0. The van der Waals surface area contributed by atoms with Crippen LogP contribution in [0.5, 0.6) is 0 Å². The minimum Gasteiger partial charge on any atom is -0.342 e. The lowest BCUT2D eigenvalue weighted by atomic mass is 10.4. The van der Waals surface area contributed by atoms with E-state index in [1.807, 2.05) is 0 Å². The number of hydrogen-bond acceptors (Lipinski definition) is 1. The summed E-state index contributed by atoms with van der Waals surface area (Å²) in [5.74, 6) is 0.120. The number of carbonyl (C=O) groups is 1. The molecule has 0 aliphatic carbocycles. The molecule has 0 atom stereocenters. The van der Waals surface area contributed by atoms with Crippen LogP contribution in [0, 0.1) is 0 Å². The van der Waals surface area contributed by atoms with E-state index in [0.717, 1.165) is 0 Å². The van der Waals surface area contributed by atoms with Gasteiger partial charge < -0.3 is 5.32 Å². The molecule has 0 spiro atoms. The van der Waals surface area contributed by atoms with Gasteiger partial charge in [0.1, 0.15) is 0 Å². The third-order valence-corrected chi connectivity index (χ3v) is 0.885. The monoisotopic (exact) mass is 99.1 g/mol. The standard InChI is InChI=1S/C4H7N2O/c7-4-1-2-5-3-6-4/h1-3H2,(H,6,7). The minimum atomic E-state index is 0.120. The van der Waals surface area contributed by atoms with Gasteiger partial charge in [0.2, 0.25) is 5.91 Å². The molecule has 1 aliphatic heterocycles.